The highest BCUT2D eigenvalue weighted by Crippen LogP contribution is 2.18. The van der Waals surface area contributed by atoms with Crippen LogP contribution in [0.5, 0.6) is 0 Å². The number of carbonyl (C=O) groups is 1. The molecule has 0 aromatic heterocycles. The van der Waals surface area contributed by atoms with E-state index in [9.17, 15) is 13.2 Å². The van der Waals surface area contributed by atoms with Crippen LogP contribution in [0, 0.1) is 0 Å². The Labute approximate surface area is 191 Å². The van der Waals surface area contributed by atoms with Crippen molar-refractivity contribution in [3.63, 3.8) is 0 Å². The maximum absolute atomic E-state index is 12.8. The second-order valence-corrected chi connectivity index (χ2v) is 9.68. The van der Waals surface area contributed by atoms with Gasteiger partial charge in [0.15, 0.2) is 0 Å². The quantitative estimate of drug-likeness (QED) is 0.504. The molecule has 0 bridgehead atoms. The van der Waals surface area contributed by atoms with E-state index in [1.54, 1.807) is 24.3 Å². The van der Waals surface area contributed by atoms with Crippen LogP contribution < -0.4 is 10.0 Å². The molecule has 1 saturated heterocycles. The molecule has 2 N–H and O–H groups in total. The van der Waals surface area contributed by atoms with Crippen LogP contribution in [0.4, 0.5) is 5.69 Å². The SMILES string of the molecule is CCCCc1ccc(NS(=O)(=O)c2cccc(C(=O)NCCCN3CCOCC3)c2)cc1. The van der Waals surface area contributed by atoms with Crippen molar-refractivity contribution >= 4 is 21.6 Å². The van der Waals surface area contributed by atoms with Gasteiger partial charge in [-0.2, -0.15) is 0 Å². The smallest absolute Gasteiger partial charge is 0.261 e. The Balaban J connectivity index is 1.54. The summed E-state index contributed by atoms with van der Waals surface area (Å²) in [6, 6.07) is 13.5. The summed E-state index contributed by atoms with van der Waals surface area (Å²) in [5.41, 5.74) is 2.01. The summed E-state index contributed by atoms with van der Waals surface area (Å²) >= 11 is 0. The summed E-state index contributed by atoms with van der Waals surface area (Å²) in [5.74, 6) is -0.274. The van der Waals surface area contributed by atoms with Gasteiger partial charge in [-0.15, -0.1) is 0 Å². The summed E-state index contributed by atoms with van der Waals surface area (Å²) in [6.45, 7) is 6.93. The van der Waals surface area contributed by atoms with E-state index in [1.807, 2.05) is 12.1 Å². The first-order valence-corrected chi connectivity index (χ1v) is 12.8. The zero-order valence-electron chi connectivity index (χ0n) is 18.7. The lowest BCUT2D eigenvalue weighted by molar-refractivity contribution is 0.0374. The monoisotopic (exact) mass is 459 g/mol. The van der Waals surface area contributed by atoms with Crippen LogP contribution in [0.25, 0.3) is 0 Å². The van der Waals surface area contributed by atoms with Crippen LogP contribution in [0.2, 0.25) is 0 Å². The summed E-state index contributed by atoms with van der Waals surface area (Å²) in [6.07, 6.45) is 4.03. The molecule has 0 radical (unpaired) electrons. The maximum Gasteiger partial charge on any atom is 0.261 e. The molecule has 0 atom stereocenters. The first-order chi connectivity index (χ1) is 15.5. The molecular formula is C24H33N3O4S. The fourth-order valence-electron chi connectivity index (χ4n) is 3.57. The normalized spacial score (nSPS) is 14.8. The Hall–Kier alpha value is -2.42. The minimum Gasteiger partial charge on any atom is -0.379 e. The van der Waals surface area contributed by atoms with Crippen molar-refractivity contribution < 1.29 is 17.9 Å². The van der Waals surface area contributed by atoms with Crippen LogP contribution in [0.15, 0.2) is 53.4 Å². The van der Waals surface area contributed by atoms with Gasteiger partial charge < -0.3 is 10.1 Å². The van der Waals surface area contributed by atoms with E-state index in [0.29, 0.717) is 17.8 Å². The van der Waals surface area contributed by atoms with Gasteiger partial charge in [0.05, 0.1) is 18.1 Å². The van der Waals surface area contributed by atoms with Crippen molar-refractivity contribution in [1.82, 2.24) is 10.2 Å². The fraction of sp³-hybridized carbons (Fsp3) is 0.458. The predicted molar refractivity (Wildman–Crippen MR) is 127 cm³/mol. The molecule has 0 aliphatic carbocycles. The number of anilines is 1. The molecular weight excluding hydrogens is 426 g/mol. The van der Waals surface area contributed by atoms with Gasteiger partial charge in [-0.1, -0.05) is 31.5 Å². The highest BCUT2D eigenvalue weighted by Gasteiger charge is 2.17. The number of nitrogens with zero attached hydrogens (tertiary/aromatic N) is 1. The van der Waals surface area contributed by atoms with Crippen molar-refractivity contribution in [2.75, 3.05) is 44.1 Å². The summed E-state index contributed by atoms with van der Waals surface area (Å²) in [7, 11) is -3.79. The number of nitrogens with one attached hydrogen (secondary N) is 2. The number of carbonyl (C=O) groups excluding carboxylic acids is 1. The Morgan fingerprint density at radius 2 is 1.81 bits per heavy atom. The second kappa shape index (κ2) is 12.0. The van der Waals surface area contributed by atoms with Crippen LogP contribution in [0.3, 0.4) is 0 Å². The minimum absolute atomic E-state index is 0.0635. The number of morpholine rings is 1. The van der Waals surface area contributed by atoms with E-state index in [-0.39, 0.29) is 10.8 Å². The number of aryl methyl sites for hydroxylation is 1. The molecule has 0 unspecified atom stereocenters. The highest BCUT2D eigenvalue weighted by atomic mass is 32.2. The Bertz CT molecular complexity index is 971. The number of rotatable bonds is 11. The largest absolute Gasteiger partial charge is 0.379 e. The van der Waals surface area contributed by atoms with E-state index < -0.39 is 10.0 Å². The lowest BCUT2D eigenvalue weighted by Gasteiger charge is -2.26. The third-order valence-electron chi connectivity index (χ3n) is 5.47. The third-order valence-corrected chi connectivity index (χ3v) is 6.85. The average Bonchev–Trinajstić information content (AvgIpc) is 2.82. The van der Waals surface area contributed by atoms with Crippen molar-refractivity contribution in [2.45, 2.75) is 37.5 Å². The van der Waals surface area contributed by atoms with E-state index >= 15 is 0 Å². The molecule has 32 heavy (non-hydrogen) atoms. The third kappa shape index (κ3) is 7.32. The molecule has 1 aliphatic heterocycles. The minimum atomic E-state index is -3.79. The van der Waals surface area contributed by atoms with Crippen LogP contribution >= 0.6 is 0 Å². The zero-order valence-corrected chi connectivity index (χ0v) is 19.5. The van der Waals surface area contributed by atoms with Crippen molar-refractivity contribution in [3.05, 3.63) is 59.7 Å². The Morgan fingerprint density at radius 3 is 2.53 bits per heavy atom. The first-order valence-electron chi connectivity index (χ1n) is 11.3. The standard InChI is InChI=1S/C24H33N3O4S/c1-2-3-6-20-9-11-22(12-10-20)26-32(29,30)23-8-4-7-21(19-23)24(28)25-13-5-14-27-15-17-31-18-16-27/h4,7-12,19,26H,2-3,5-6,13-18H2,1H3,(H,25,28). The van der Waals surface area contributed by atoms with Gasteiger partial charge in [0, 0.05) is 30.9 Å². The number of unbranched alkanes of at least 4 members (excludes halogenated alkanes) is 1. The number of benzene rings is 2. The Kier molecular flexibility index (Phi) is 9.08. The molecule has 2 aromatic carbocycles. The molecule has 1 aliphatic rings. The molecule has 0 spiro atoms. The Morgan fingerprint density at radius 1 is 1.06 bits per heavy atom. The van der Waals surface area contributed by atoms with E-state index in [4.69, 9.17) is 4.74 Å². The van der Waals surface area contributed by atoms with E-state index in [1.165, 1.54) is 17.7 Å². The van der Waals surface area contributed by atoms with Crippen LogP contribution in [-0.2, 0) is 21.2 Å². The predicted octanol–water partition coefficient (Wildman–Crippen LogP) is 3.28. The lowest BCUT2D eigenvalue weighted by Crippen LogP contribution is -2.38. The second-order valence-electron chi connectivity index (χ2n) is 8.00. The number of hydrogen-bond acceptors (Lipinski definition) is 5. The van der Waals surface area contributed by atoms with Gasteiger partial charge in [0.2, 0.25) is 0 Å². The van der Waals surface area contributed by atoms with Gasteiger partial charge in [-0.3, -0.25) is 14.4 Å². The molecule has 1 amide bonds. The summed E-state index contributed by atoms with van der Waals surface area (Å²) in [5, 5.41) is 2.88. The molecule has 174 valence electrons. The molecule has 0 saturated carbocycles. The van der Waals surface area contributed by atoms with E-state index in [2.05, 4.69) is 21.9 Å². The summed E-state index contributed by atoms with van der Waals surface area (Å²) < 4.78 is 33.5. The topological polar surface area (TPSA) is 87.7 Å². The number of ether oxygens (including phenoxy) is 1. The maximum atomic E-state index is 12.8. The van der Waals surface area contributed by atoms with Gasteiger partial charge in [-0.25, -0.2) is 8.42 Å². The first kappa shape index (κ1) is 24.2. The average molecular weight is 460 g/mol. The summed E-state index contributed by atoms with van der Waals surface area (Å²) in [4.78, 5) is 14.9. The molecule has 3 rings (SSSR count). The molecule has 1 fully saturated rings. The van der Waals surface area contributed by atoms with Crippen LogP contribution in [0.1, 0.15) is 42.1 Å². The fourth-order valence-corrected chi connectivity index (χ4v) is 4.67. The number of sulfonamides is 1. The van der Waals surface area contributed by atoms with Crippen LogP contribution in [-0.4, -0.2) is 58.6 Å². The van der Waals surface area contributed by atoms with Gasteiger partial charge in [0.1, 0.15) is 0 Å². The zero-order chi connectivity index (χ0) is 22.8. The number of amides is 1. The van der Waals surface area contributed by atoms with Gasteiger partial charge in [-0.05, 0) is 61.7 Å². The van der Waals surface area contributed by atoms with Crippen molar-refractivity contribution in [1.29, 1.82) is 0 Å². The van der Waals surface area contributed by atoms with Gasteiger partial charge >= 0.3 is 0 Å². The van der Waals surface area contributed by atoms with Crippen molar-refractivity contribution in [3.8, 4) is 0 Å². The van der Waals surface area contributed by atoms with E-state index in [0.717, 1.165) is 58.5 Å². The van der Waals surface area contributed by atoms with Crippen molar-refractivity contribution in [2.24, 2.45) is 0 Å². The molecule has 8 heteroatoms. The highest BCUT2D eigenvalue weighted by molar-refractivity contribution is 7.92. The molecule has 1 heterocycles. The molecule has 7 nitrogen and oxygen atoms in total. The van der Waals surface area contributed by atoms with Gasteiger partial charge in [0.25, 0.3) is 15.9 Å². The number of hydrogen-bond donors (Lipinski definition) is 2. The molecule has 2 aromatic rings. The lowest BCUT2D eigenvalue weighted by atomic mass is 10.1.